The van der Waals surface area contributed by atoms with Crippen molar-refractivity contribution in [2.24, 2.45) is 16.9 Å². The van der Waals surface area contributed by atoms with Crippen LogP contribution in [0.5, 0.6) is 0 Å². The van der Waals surface area contributed by atoms with Gasteiger partial charge in [-0.05, 0) is 56.6 Å². The van der Waals surface area contributed by atoms with Gasteiger partial charge in [-0.15, -0.1) is 0 Å². The molecule has 2 atom stereocenters. The molecule has 2 saturated carbocycles. The summed E-state index contributed by atoms with van der Waals surface area (Å²) in [6.07, 6.45) is 4.46. The summed E-state index contributed by atoms with van der Waals surface area (Å²) in [5.74, 6) is 1.50. The van der Waals surface area contributed by atoms with Crippen LogP contribution in [0.15, 0.2) is 34.3 Å². The molecule has 3 rings (SSSR count). The van der Waals surface area contributed by atoms with E-state index in [0.717, 1.165) is 36.0 Å². The lowest BCUT2D eigenvalue weighted by Crippen LogP contribution is -2.19. The van der Waals surface area contributed by atoms with Gasteiger partial charge in [0.15, 0.2) is 0 Å². The summed E-state index contributed by atoms with van der Waals surface area (Å²) in [6, 6.07) is 6.79. The molecule has 1 aromatic rings. The summed E-state index contributed by atoms with van der Waals surface area (Å²) in [5.41, 5.74) is 2.04. The first-order valence-corrected chi connectivity index (χ1v) is 8.17. The first kappa shape index (κ1) is 12.7. The van der Waals surface area contributed by atoms with Gasteiger partial charge in [-0.3, -0.25) is 0 Å². The molecule has 0 spiro atoms. The molecular weight excluding hydrogens is 260 g/mol. The maximum Gasteiger partial charge on any atom is 0.276 e. The van der Waals surface area contributed by atoms with Crippen LogP contribution in [0.25, 0.3) is 0 Å². The minimum atomic E-state index is -3.52. The van der Waals surface area contributed by atoms with Crippen molar-refractivity contribution in [3.8, 4) is 0 Å². The van der Waals surface area contributed by atoms with Gasteiger partial charge in [0.25, 0.3) is 10.0 Å². The van der Waals surface area contributed by atoms with Gasteiger partial charge in [0.2, 0.25) is 0 Å². The van der Waals surface area contributed by atoms with Gasteiger partial charge in [-0.2, -0.15) is 13.5 Å². The SMILES string of the molecule is Cc1ccc(S(=O)(=O)NN=C2CC3CCC3C2)cc1. The van der Waals surface area contributed by atoms with E-state index >= 15 is 0 Å². The third kappa shape index (κ3) is 2.52. The van der Waals surface area contributed by atoms with Crippen LogP contribution in [0.1, 0.15) is 31.2 Å². The molecule has 0 heterocycles. The fourth-order valence-electron chi connectivity index (χ4n) is 2.85. The molecule has 2 aliphatic carbocycles. The van der Waals surface area contributed by atoms with E-state index in [2.05, 4.69) is 9.93 Å². The Morgan fingerprint density at radius 1 is 1.11 bits per heavy atom. The molecule has 0 aliphatic heterocycles. The molecule has 1 N–H and O–H groups in total. The molecule has 2 unspecified atom stereocenters. The Morgan fingerprint density at radius 3 is 2.21 bits per heavy atom. The van der Waals surface area contributed by atoms with Crippen molar-refractivity contribution in [2.45, 2.75) is 37.5 Å². The zero-order valence-electron chi connectivity index (χ0n) is 11.0. The number of nitrogens with zero attached hydrogens (tertiary/aromatic N) is 1. The second kappa shape index (κ2) is 4.63. The highest BCUT2D eigenvalue weighted by Gasteiger charge is 2.38. The molecule has 4 nitrogen and oxygen atoms in total. The predicted octanol–water partition coefficient (Wildman–Crippen LogP) is 2.45. The average Bonchev–Trinajstić information content (AvgIpc) is 2.64. The Morgan fingerprint density at radius 2 is 1.68 bits per heavy atom. The normalized spacial score (nSPS) is 25.6. The standard InChI is InChI=1S/C14H18N2O2S/c1-10-2-6-14(7-3-10)19(17,18)16-15-13-8-11-4-5-12(11)9-13/h2-3,6-7,11-12,16H,4-5,8-9H2,1H3. The van der Waals surface area contributed by atoms with Crippen LogP contribution in [-0.2, 0) is 10.0 Å². The Hall–Kier alpha value is -1.36. The van der Waals surface area contributed by atoms with E-state index in [4.69, 9.17) is 0 Å². The molecule has 2 aliphatic rings. The van der Waals surface area contributed by atoms with E-state index in [-0.39, 0.29) is 4.90 Å². The number of hydrogen-bond donors (Lipinski definition) is 1. The summed E-state index contributed by atoms with van der Waals surface area (Å²) in [4.78, 5) is 2.63. The maximum atomic E-state index is 12.1. The third-order valence-electron chi connectivity index (χ3n) is 4.23. The van der Waals surface area contributed by atoms with Crippen molar-refractivity contribution < 1.29 is 8.42 Å². The molecule has 0 bridgehead atoms. The molecular formula is C14H18N2O2S. The van der Waals surface area contributed by atoms with Crippen LogP contribution < -0.4 is 4.83 Å². The topological polar surface area (TPSA) is 58.5 Å². The largest absolute Gasteiger partial charge is 0.276 e. The zero-order valence-corrected chi connectivity index (χ0v) is 11.8. The molecule has 2 fully saturated rings. The minimum Gasteiger partial charge on any atom is -0.200 e. The number of aryl methyl sites for hydroxylation is 1. The predicted molar refractivity (Wildman–Crippen MR) is 74.4 cm³/mol. The van der Waals surface area contributed by atoms with Gasteiger partial charge >= 0.3 is 0 Å². The van der Waals surface area contributed by atoms with Crippen molar-refractivity contribution in [1.82, 2.24) is 4.83 Å². The summed E-state index contributed by atoms with van der Waals surface area (Å²) >= 11 is 0. The number of nitrogens with one attached hydrogen (secondary N) is 1. The Bertz CT molecular complexity index is 591. The Balaban J connectivity index is 1.71. The Labute approximate surface area is 114 Å². The molecule has 0 radical (unpaired) electrons. The van der Waals surface area contributed by atoms with E-state index in [0.29, 0.717) is 0 Å². The van der Waals surface area contributed by atoms with Crippen LogP contribution in [0, 0.1) is 18.8 Å². The van der Waals surface area contributed by atoms with Crippen LogP contribution in [0.4, 0.5) is 0 Å². The number of benzene rings is 1. The zero-order chi connectivity index (χ0) is 13.5. The molecule has 1 aromatic carbocycles. The smallest absolute Gasteiger partial charge is 0.200 e. The fraction of sp³-hybridized carbons (Fsp3) is 0.500. The summed E-state index contributed by atoms with van der Waals surface area (Å²) < 4.78 is 24.1. The second-order valence-electron chi connectivity index (χ2n) is 5.59. The summed E-state index contributed by atoms with van der Waals surface area (Å²) in [6.45, 7) is 1.93. The number of hydrogen-bond acceptors (Lipinski definition) is 3. The molecule has 0 aromatic heterocycles. The highest BCUT2D eigenvalue weighted by atomic mass is 32.2. The van der Waals surface area contributed by atoms with E-state index in [1.807, 2.05) is 6.92 Å². The van der Waals surface area contributed by atoms with Crippen molar-refractivity contribution in [1.29, 1.82) is 0 Å². The second-order valence-corrected chi connectivity index (χ2v) is 7.25. The fourth-order valence-corrected chi connectivity index (χ4v) is 3.70. The quantitative estimate of drug-likeness (QED) is 0.863. The van der Waals surface area contributed by atoms with E-state index in [9.17, 15) is 8.42 Å². The van der Waals surface area contributed by atoms with Gasteiger partial charge < -0.3 is 0 Å². The maximum absolute atomic E-state index is 12.1. The highest BCUT2D eigenvalue weighted by Crippen LogP contribution is 2.45. The summed E-state index contributed by atoms with van der Waals surface area (Å²) in [7, 11) is -3.52. The Kier molecular flexibility index (Phi) is 3.09. The number of fused-ring (bicyclic) bond motifs is 1. The molecule has 102 valence electrons. The molecule has 19 heavy (non-hydrogen) atoms. The third-order valence-corrected chi connectivity index (χ3v) is 5.45. The van der Waals surface area contributed by atoms with Gasteiger partial charge in [-0.25, -0.2) is 4.83 Å². The molecule has 0 amide bonds. The lowest BCUT2D eigenvalue weighted by atomic mass is 9.77. The summed E-state index contributed by atoms with van der Waals surface area (Å²) in [5, 5.41) is 4.11. The molecule has 0 saturated heterocycles. The van der Waals surface area contributed by atoms with Crippen molar-refractivity contribution >= 4 is 15.7 Å². The van der Waals surface area contributed by atoms with E-state index in [1.165, 1.54) is 12.8 Å². The van der Waals surface area contributed by atoms with Gasteiger partial charge in [-0.1, -0.05) is 17.7 Å². The first-order valence-electron chi connectivity index (χ1n) is 6.68. The van der Waals surface area contributed by atoms with Crippen LogP contribution in [0.2, 0.25) is 0 Å². The van der Waals surface area contributed by atoms with Crippen LogP contribution in [-0.4, -0.2) is 14.1 Å². The average molecular weight is 278 g/mol. The number of sulfonamides is 1. The highest BCUT2D eigenvalue weighted by molar-refractivity contribution is 7.89. The van der Waals surface area contributed by atoms with E-state index < -0.39 is 10.0 Å². The van der Waals surface area contributed by atoms with Crippen molar-refractivity contribution in [3.05, 3.63) is 29.8 Å². The monoisotopic (exact) mass is 278 g/mol. The van der Waals surface area contributed by atoms with Crippen LogP contribution in [0.3, 0.4) is 0 Å². The number of rotatable bonds is 3. The van der Waals surface area contributed by atoms with Gasteiger partial charge in [0.1, 0.15) is 0 Å². The minimum absolute atomic E-state index is 0.267. The molecule has 5 heteroatoms. The lowest BCUT2D eigenvalue weighted by Gasteiger charge is -2.28. The lowest BCUT2D eigenvalue weighted by molar-refractivity contribution is 0.219. The van der Waals surface area contributed by atoms with E-state index in [1.54, 1.807) is 24.3 Å². The van der Waals surface area contributed by atoms with Gasteiger partial charge in [0, 0.05) is 5.71 Å². The number of hydrazone groups is 1. The van der Waals surface area contributed by atoms with Crippen LogP contribution >= 0.6 is 0 Å². The van der Waals surface area contributed by atoms with Crippen molar-refractivity contribution in [3.63, 3.8) is 0 Å². The first-order chi connectivity index (χ1) is 9.04. The van der Waals surface area contributed by atoms with Gasteiger partial charge in [0.05, 0.1) is 4.90 Å². The van der Waals surface area contributed by atoms with Crippen molar-refractivity contribution in [2.75, 3.05) is 0 Å².